The smallest absolute Gasteiger partial charge is 0.306 e. The first-order chi connectivity index (χ1) is 8.99. The number of hydrogen-bond acceptors (Lipinski definition) is 3. The maximum atomic E-state index is 11.1. The van der Waals surface area contributed by atoms with Crippen LogP contribution < -0.4 is 0 Å². The van der Waals surface area contributed by atoms with Crippen LogP contribution in [0.15, 0.2) is 23.3 Å². The van der Waals surface area contributed by atoms with Crippen molar-refractivity contribution in [2.24, 2.45) is 5.92 Å². The Hall–Kier alpha value is -1.38. The molecule has 1 unspecified atom stereocenters. The van der Waals surface area contributed by atoms with E-state index in [1.807, 2.05) is 0 Å². The third-order valence-corrected chi connectivity index (χ3v) is 2.97. The van der Waals surface area contributed by atoms with Gasteiger partial charge in [-0.05, 0) is 46.5 Å². The second-order valence-corrected chi connectivity index (χ2v) is 5.12. The zero-order valence-electron chi connectivity index (χ0n) is 12.6. The van der Waals surface area contributed by atoms with Gasteiger partial charge in [0, 0.05) is 5.92 Å². The fourth-order valence-electron chi connectivity index (χ4n) is 1.75. The molecule has 0 radical (unpaired) electrons. The second kappa shape index (κ2) is 10.5. The number of rotatable bonds is 9. The van der Waals surface area contributed by atoms with Crippen LogP contribution >= 0.6 is 0 Å². The van der Waals surface area contributed by atoms with E-state index in [1.165, 1.54) is 18.3 Å². The average Bonchev–Trinajstić information content (AvgIpc) is 2.36. The Morgan fingerprint density at radius 1 is 1.16 bits per heavy atom. The highest BCUT2D eigenvalue weighted by Crippen LogP contribution is 2.13. The van der Waals surface area contributed by atoms with Gasteiger partial charge in [-0.2, -0.15) is 0 Å². The van der Waals surface area contributed by atoms with E-state index in [4.69, 9.17) is 0 Å². The zero-order chi connectivity index (χ0) is 14.7. The summed E-state index contributed by atoms with van der Waals surface area (Å²) in [5, 5.41) is 0. The number of carbonyl (C=O) groups excluding carboxylic acids is 2. The molecule has 0 aromatic rings. The summed E-state index contributed by atoms with van der Waals surface area (Å²) in [6.07, 6.45) is 9.07. The van der Waals surface area contributed by atoms with Crippen molar-refractivity contribution < 1.29 is 14.3 Å². The van der Waals surface area contributed by atoms with Gasteiger partial charge in [-0.15, -0.1) is 0 Å². The molecule has 0 amide bonds. The van der Waals surface area contributed by atoms with E-state index in [1.54, 1.807) is 0 Å². The summed E-state index contributed by atoms with van der Waals surface area (Å²) in [4.78, 5) is 21.9. The normalized spacial score (nSPS) is 12.7. The van der Waals surface area contributed by atoms with Crippen molar-refractivity contribution in [2.45, 2.75) is 52.9 Å². The Morgan fingerprint density at radius 3 is 2.37 bits per heavy atom. The Labute approximate surface area is 116 Å². The number of ether oxygens (including phenoxy) is 1. The number of esters is 1. The molecule has 3 nitrogen and oxygen atoms in total. The van der Waals surface area contributed by atoms with Crippen LogP contribution in [0.25, 0.3) is 0 Å². The van der Waals surface area contributed by atoms with Crippen LogP contribution in [-0.4, -0.2) is 19.4 Å². The predicted octanol–water partition coefficient (Wildman–Crippen LogP) is 3.84. The molecule has 0 saturated heterocycles. The fraction of sp³-hybridized carbons (Fsp3) is 0.625. The lowest BCUT2D eigenvalue weighted by Crippen LogP contribution is -2.10. The molecule has 0 spiro atoms. The van der Waals surface area contributed by atoms with E-state index in [0.29, 0.717) is 6.42 Å². The molecule has 3 heteroatoms. The molecular weight excluding hydrogens is 240 g/mol. The molecule has 0 saturated carbocycles. The van der Waals surface area contributed by atoms with E-state index < -0.39 is 0 Å². The van der Waals surface area contributed by atoms with E-state index in [0.717, 1.165) is 25.5 Å². The molecule has 0 aliphatic carbocycles. The van der Waals surface area contributed by atoms with Gasteiger partial charge < -0.3 is 9.53 Å². The summed E-state index contributed by atoms with van der Waals surface area (Å²) in [7, 11) is 1.34. The van der Waals surface area contributed by atoms with Crippen molar-refractivity contribution in [3.05, 3.63) is 23.3 Å². The molecule has 0 bridgehead atoms. The first kappa shape index (κ1) is 17.6. The van der Waals surface area contributed by atoms with Gasteiger partial charge in [0.2, 0.25) is 0 Å². The van der Waals surface area contributed by atoms with Crippen molar-refractivity contribution in [1.29, 1.82) is 0 Å². The monoisotopic (exact) mass is 266 g/mol. The summed E-state index contributed by atoms with van der Waals surface area (Å²) in [5.41, 5.74) is 2.67. The van der Waals surface area contributed by atoms with Gasteiger partial charge >= 0.3 is 5.97 Å². The van der Waals surface area contributed by atoms with Crippen molar-refractivity contribution >= 4 is 12.3 Å². The number of carbonyl (C=O) groups is 2. The van der Waals surface area contributed by atoms with Crippen molar-refractivity contribution in [2.75, 3.05) is 7.11 Å². The number of methoxy groups -OCH3 is 1. The minimum Gasteiger partial charge on any atom is -0.469 e. The maximum Gasteiger partial charge on any atom is 0.306 e. The van der Waals surface area contributed by atoms with Gasteiger partial charge in [-0.1, -0.05) is 23.3 Å². The average molecular weight is 266 g/mol. The van der Waals surface area contributed by atoms with Crippen LogP contribution in [0.3, 0.4) is 0 Å². The molecule has 0 aromatic heterocycles. The molecule has 0 aromatic carbocycles. The van der Waals surface area contributed by atoms with Crippen LogP contribution in [0.4, 0.5) is 0 Å². The van der Waals surface area contributed by atoms with Gasteiger partial charge in [0.15, 0.2) is 0 Å². The number of allylic oxidation sites excluding steroid dienone is 4. The lowest BCUT2D eigenvalue weighted by molar-refractivity contribution is -0.142. The van der Waals surface area contributed by atoms with Gasteiger partial charge in [0.25, 0.3) is 0 Å². The summed E-state index contributed by atoms with van der Waals surface area (Å²) in [6, 6.07) is 0. The molecule has 108 valence electrons. The molecule has 0 rings (SSSR count). The third-order valence-electron chi connectivity index (χ3n) is 2.97. The lowest BCUT2D eigenvalue weighted by atomic mass is 9.99. The fourth-order valence-corrected chi connectivity index (χ4v) is 1.75. The SMILES string of the molecule is COC(=O)CC(C=O)CC/C=C(\C)CCC=C(C)C. The Kier molecular flexibility index (Phi) is 9.77. The quantitative estimate of drug-likeness (QED) is 0.362. The standard InChI is InChI=1S/C16H26O3/c1-13(2)7-5-8-14(3)9-6-10-15(12-17)11-16(18)19-4/h7,9,12,15H,5-6,8,10-11H2,1-4H3/b14-9+. The first-order valence-electron chi connectivity index (χ1n) is 6.80. The number of hydrogen-bond donors (Lipinski definition) is 0. The highest BCUT2D eigenvalue weighted by Gasteiger charge is 2.12. The van der Waals surface area contributed by atoms with Crippen molar-refractivity contribution in [3.8, 4) is 0 Å². The molecule has 1 atom stereocenters. The molecule has 0 aliphatic heterocycles. The van der Waals surface area contributed by atoms with Gasteiger partial charge in [0.1, 0.15) is 6.29 Å². The molecule has 0 heterocycles. The summed E-state index contributed by atoms with van der Waals surface area (Å²) in [5.74, 6) is -0.546. The van der Waals surface area contributed by atoms with Crippen molar-refractivity contribution in [3.63, 3.8) is 0 Å². The number of aldehydes is 1. The van der Waals surface area contributed by atoms with Crippen LogP contribution in [0.2, 0.25) is 0 Å². The summed E-state index contributed by atoms with van der Waals surface area (Å²) >= 11 is 0. The van der Waals surface area contributed by atoms with Gasteiger partial charge in [0.05, 0.1) is 13.5 Å². The van der Waals surface area contributed by atoms with E-state index >= 15 is 0 Å². The van der Waals surface area contributed by atoms with Crippen molar-refractivity contribution in [1.82, 2.24) is 0 Å². The van der Waals surface area contributed by atoms with Crippen LogP contribution in [0.1, 0.15) is 52.9 Å². The Balaban J connectivity index is 3.99. The van der Waals surface area contributed by atoms with E-state index in [9.17, 15) is 9.59 Å². The molecule has 0 fully saturated rings. The van der Waals surface area contributed by atoms with Crippen LogP contribution in [-0.2, 0) is 14.3 Å². The topological polar surface area (TPSA) is 43.4 Å². The molecule has 0 aliphatic rings. The largest absolute Gasteiger partial charge is 0.469 e. The highest BCUT2D eigenvalue weighted by atomic mass is 16.5. The Bertz CT molecular complexity index is 336. The van der Waals surface area contributed by atoms with Gasteiger partial charge in [-0.3, -0.25) is 4.79 Å². The zero-order valence-corrected chi connectivity index (χ0v) is 12.6. The molecular formula is C16H26O3. The minimum absolute atomic E-state index is 0.185. The van der Waals surface area contributed by atoms with Crippen LogP contribution in [0, 0.1) is 5.92 Å². The molecule has 0 N–H and O–H groups in total. The first-order valence-corrected chi connectivity index (χ1v) is 6.80. The predicted molar refractivity (Wildman–Crippen MR) is 77.8 cm³/mol. The second-order valence-electron chi connectivity index (χ2n) is 5.12. The Morgan fingerprint density at radius 2 is 1.84 bits per heavy atom. The summed E-state index contributed by atoms with van der Waals surface area (Å²) < 4.78 is 4.57. The lowest BCUT2D eigenvalue weighted by Gasteiger charge is -2.07. The van der Waals surface area contributed by atoms with Gasteiger partial charge in [-0.25, -0.2) is 0 Å². The summed E-state index contributed by atoms with van der Waals surface area (Å²) in [6.45, 7) is 6.30. The maximum absolute atomic E-state index is 11.1. The highest BCUT2D eigenvalue weighted by molar-refractivity contribution is 5.73. The molecule has 19 heavy (non-hydrogen) atoms. The van der Waals surface area contributed by atoms with Crippen LogP contribution in [0.5, 0.6) is 0 Å². The third kappa shape index (κ3) is 10.2. The van der Waals surface area contributed by atoms with E-state index in [-0.39, 0.29) is 18.3 Å². The minimum atomic E-state index is -0.318. The van der Waals surface area contributed by atoms with E-state index in [2.05, 4.69) is 37.7 Å².